The Hall–Kier alpha value is -2.60. The maximum atomic E-state index is 12.6. The molecule has 0 aliphatic carbocycles. The number of carbonyl (C=O) groups is 1. The molecule has 2 heterocycles. The zero-order valence-electron chi connectivity index (χ0n) is 12.9. The molecule has 5 nitrogen and oxygen atoms in total. The van der Waals surface area contributed by atoms with Gasteiger partial charge in [0.05, 0.1) is 23.2 Å². The molecule has 0 bridgehead atoms. The fourth-order valence-electron chi connectivity index (χ4n) is 3.08. The van der Waals surface area contributed by atoms with E-state index in [0.717, 1.165) is 26.1 Å². The first-order chi connectivity index (χ1) is 11.6. The van der Waals surface area contributed by atoms with Crippen molar-refractivity contribution < 1.29 is 9.53 Å². The lowest BCUT2D eigenvalue weighted by molar-refractivity contribution is 0.156. The van der Waals surface area contributed by atoms with Crippen LogP contribution in [0.1, 0.15) is 6.92 Å². The Balaban J connectivity index is 2.28. The molecule has 4 rings (SSSR count). The van der Waals surface area contributed by atoms with Gasteiger partial charge in [-0.15, -0.1) is 0 Å². The molecule has 0 spiro atoms. The summed E-state index contributed by atoms with van der Waals surface area (Å²) in [5, 5.41) is 2.55. The van der Waals surface area contributed by atoms with Crippen LogP contribution in [-0.2, 0) is 4.74 Å². The molecule has 2 N–H and O–H groups in total. The number of rotatable bonds is 1. The van der Waals surface area contributed by atoms with Gasteiger partial charge in [-0.1, -0.05) is 40.2 Å². The predicted molar refractivity (Wildman–Crippen MR) is 99.3 cm³/mol. The zero-order chi connectivity index (χ0) is 16.8. The number of nitrogens with zero attached hydrogens (tertiary/aromatic N) is 2. The summed E-state index contributed by atoms with van der Waals surface area (Å²) in [4.78, 5) is 17.2. The SMILES string of the molecule is CCOC(=O)n1c2cc(Br)ccc2c2nc(N)c3ccccc3c21. The van der Waals surface area contributed by atoms with Gasteiger partial charge in [0.1, 0.15) is 5.82 Å². The van der Waals surface area contributed by atoms with Crippen molar-refractivity contribution in [2.45, 2.75) is 6.92 Å². The molecule has 6 heteroatoms. The van der Waals surface area contributed by atoms with E-state index in [0.29, 0.717) is 23.5 Å². The van der Waals surface area contributed by atoms with Crippen LogP contribution < -0.4 is 5.73 Å². The Kier molecular flexibility index (Phi) is 3.42. The summed E-state index contributed by atoms with van der Waals surface area (Å²) >= 11 is 3.47. The fourth-order valence-corrected chi connectivity index (χ4v) is 3.43. The maximum absolute atomic E-state index is 12.6. The number of hydrogen-bond acceptors (Lipinski definition) is 4. The molecule has 0 saturated heterocycles. The van der Waals surface area contributed by atoms with E-state index in [9.17, 15) is 4.79 Å². The van der Waals surface area contributed by atoms with E-state index in [2.05, 4.69) is 20.9 Å². The summed E-state index contributed by atoms with van der Waals surface area (Å²) in [5.41, 5.74) is 8.29. The van der Waals surface area contributed by atoms with Gasteiger partial charge in [0.15, 0.2) is 0 Å². The highest BCUT2D eigenvalue weighted by molar-refractivity contribution is 9.10. The molecule has 2 aromatic heterocycles. The van der Waals surface area contributed by atoms with Gasteiger partial charge in [0.2, 0.25) is 0 Å². The first-order valence-corrected chi connectivity index (χ1v) is 8.36. The van der Waals surface area contributed by atoms with Crippen molar-refractivity contribution in [2.75, 3.05) is 12.3 Å². The van der Waals surface area contributed by atoms with E-state index in [4.69, 9.17) is 10.5 Å². The van der Waals surface area contributed by atoms with E-state index in [1.807, 2.05) is 42.5 Å². The molecular formula is C18H14BrN3O2. The summed E-state index contributed by atoms with van der Waals surface area (Å²) in [6.45, 7) is 2.09. The first kappa shape index (κ1) is 15.0. The van der Waals surface area contributed by atoms with Gasteiger partial charge in [0.25, 0.3) is 0 Å². The maximum Gasteiger partial charge on any atom is 0.419 e. The molecule has 0 fully saturated rings. The molecule has 0 unspecified atom stereocenters. The largest absolute Gasteiger partial charge is 0.449 e. The van der Waals surface area contributed by atoms with Gasteiger partial charge in [0, 0.05) is 20.6 Å². The van der Waals surface area contributed by atoms with E-state index in [1.165, 1.54) is 0 Å². The van der Waals surface area contributed by atoms with Gasteiger partial charge >= 0.3 is 6.09 Å². The number of anilines is 1. The number of hydrogen-bond donors (Lipinski definition) is 1. The topological polar surface area (TPSA) is 70.1 Å². The summed E-state index contributed by atoms with van der Waals surface area (Å²) in [6.07, 6.45) is -0.424. The predicted octanol–water partition coefficient (Wildman–Crippen LogP) is 4.69. The van der Waals surface area contributed by atoms with Crippen molar-refractivity contribution in [2.24, 2.45) is 0 Å². The minimum absolute atomic E-state index is 0.300. The Labute approximate surface area is 146 Å². The smallest absolute Gasteiger partial charge is 0.419 e. The summed E-state index contributed by atoms with van der Waals surface area (Å²) in [6, 6.07) is 13.4. The second kappa shape index (κ2) is 5.49. The molecule has 0 saturated carbocycles. The molecular weight excluding hydrogens is 370 g/mol. The van der Waals surface area contributed by atoms with Crippen molar-refractivity contribution in [1.29, 1.82) is 0 Å². The number of nitrogen functional groups attached to an aromatic ring is 1. The van der Waals surface area contributed by atoms with Crippen LogP contribution in [0.25, 0.3) is 32.7 Å². The number of pyridine rings is 1. The van der Waals surface area contributed by atoms with Gasteiger partial charge in [-0.3, -0.25) is 0 Å². The molecule has 120 valence electrons. The lowest BCUT2D eigenvalue weighted by Crippen LogP contribution is -2.13. The van der Waals surface area contributed by atoms with Crippen LogP contribution in [0.3, 0.4) is 0 Å². The van der Waals surface area contributed by atoms with Gasteiger partial charge in [-0.25, -0.2) is 14.3 Å². The minimum atomic E-state index is -0.424. The molecule has 0 aliphatic heterocycles. The number of ether oxygens (including phenoxy) is 1. The minimum Gasteiger partial charge on any atom is -0.449 e. The second-order valence-corrected chi connectivity index (χ2v) is 6.35. The van der Waals surface area contributed by atoms with E-state index < -0.39 is 6.09 Å². The highest BCUT2D eigenvalue weighted by Gasteiger charge is 2.21. The van der Waals surface area contributed by atoms with Gasteiger partial charge in [-0.2, -0.15) is 0 Å². The van der Waals surface area contributed by atoms with Crippen LogP contribution in [0.2, 0.25) is 0 Å². The van der Waals surface area contributed by atoms with Crippen LogP contribution in [0.4, 0.5) is 10.6 Å². The van der Waals surface area contributed by atoms with Gasteiger partial charge < -0.3 is 10.5 Å². The number of nitrogens with two attached hydrogens (primary N) is 1. The van der Waals surface area contributed by atoms with Gasteiger partial charge in [-0.05, 0) is 25.1 Å². The van der Waals surface area contributed by atoms with Crippen molar-refractivity contribution in [3.63, 3.8) is 0 Å². The van der Waals surface area contributed by atoms with Crippen molar-refractivity contribution in [3.05, 3.63) is 46.9 Å². The van der Waals surface area contributed by atoms with Crippen LogP contribution in [0.5, 0.6) is 0 Å². The molecule has 0 aliphatic rings. The second-order valence-electron chi connectivity index (χ2n) is 5.44. The number of fused-ring (bicyclic) bond motifs is 5. The van der Waals surface area contributed by atoms with Crippen molar-refractivity contribution in [1.82, 2.24) is 9.55 Å². The number of halogens is 1. The first-order valence-electron chi connectivity index (χ1n) is 7.57. The zero-order valence-corrected chi connectivity index (χ0v) is 14.5. The molecule has 24 heavy (non-hydrogen) atoms. The lowest BCUT2D eigenvalue weighted by Gasteiger charge is -2.08. The molecule has 0 atom stereocenters. The average molecular weight is 384 g/mol. The number of benzene rings is 2. The fraction of sp³-hybridized carbons (Fsp3) is 0.111. The quantitative estimate of drug-likeness (QED) is 0.517. The van der Waals surface area contributed by atoms with Crippen LogP contribution >= 0.6 is 15.9 Å². The van der Waals surface area contributed by atoms with Crippen molar-refractivity contribution >= 4 is 60.5 Å². The Morgan fingerprint density at radius 3 is 2.71 bits per heavy atom. The Bertz CT molecular complexity index is 1120. The molecule has 0 radical (unpaired) electrons. The average Bonchev–Trinajstić information content (AvgIpc) is 2.89. The normalized spacial score (nSPS) is 11.4. The number of aromatic nitrogens is 2. The van der Waals surface area contributed by atoms with Crippen LogP contribution in [-0.4, -0.2) is 22.3 Å². The van der Waals surface area contributed by atoms with E-state index in [-0.39, 0.29) is 0 Å². The highest BCUT2D eigenvalue weighted by Crippen LogP contribution is 2.36. The third-order valence-corrected chi connectivity index (χ3v) is 4.54. The third-order valence-electron chi connectivity index (χ3n) is 4.04. The monoisotopic (exact) mass is 383 g/mol. The standard InChI is InChI=1S/C18H14BrN3O2/c1-2-24-18(23)22-14-9-10(19)7-8-13(14)15-16(22)11-5-3-4-6-12(11)17(20)21-15/h3-9H,2H2,1H3,(H2,20,21). The molecule has 0 amide bonds. The van der Waals surface area contributed by atoms with E-state index in [1.54, 1.807) is 11.5 Å². The summed E-state index contributed by atoms with van der Waals surface area (Å²) < 4.78 is 7.72. The van der Waals surface area contributed by atoms with E-state index >= 15 is 0 Å². The Morgan fingerprint density at radius 1 is 1.21 bits per heavy atom. The summed E-state index contributed by atoms with van der Waals surface area (Å²) in [7, 11) is 0. The number of carbonyl (C=O) groups excluding carboxylic acids is 1. The Morgan fingerprint density at radius 2 is 1.96 bits per heavy atom. The van der Waals surface area contributed by atoms with Crippen LogP contribution in [0, 0.1) is 0 Å². The highest BCUT2D eigenvalue weighted by atomic mass is 79.9. The summed E-state index contributed by atoms with van der Waals surface area (Å²) in [5.74, 6) is 0.448. The molecule has 4 aromatic rings. The van der Waals surface area contributed by atoms with Crippen molar-refractivity contribution in [3.8, 4) is 0 Å². The third kappa shape index (κ3) is 2.06. The molecule has 2 aromatic carbocycles. The van der Waals surface area contributed by atoms with Crippen LogP contribution in [0.15, 0.2) is 46.9 Å². The lowest BCUT2D eigenvalue weighted by atomic mass is 10.1.